The van der Waals surface area contributed by atoms with E-state index in [-0.39, 0.29) is 6.04 Å². The van der Waals surface area contributed by atoms with Gasteiger partial charge in [-0.2, -0.15) is 0 Å². The first-order valence-corrected chi connectivity index (χ1v) is 10.3. The maximum atomic E-state index is 12.5. The normalized spacial score (nSPS) is 14.0. The third-order valence-electron chi connectivity index (χ3n) is 5.06. The van der Waals surface area contributed by atoms with Crippen LogP contribution in [0.15, 0.2) is 66.9 Å². The quantitative estimate of drug-likeness (QED) is 0.579. The lowest BCUT2D eigenvalue weighted by Crippen LogP contribution is -2.35. The lowest BCUT2D eigenvalue weighted by molar-refractivity contribution is 0.0502. The van der Waals surface area contributed by atoms with Gasteiger partial charge in [0.1, 0.15) is 11.4 Å². The van der Waals surface area contributed by atoms with Crippen molar-refractivity contribution < 1.29 is 9.53 Å². The molecule has 1 aliphatic rings. The maximum Gasteiger partial charge on any atom is 0.408 e. The zero-order valence-corrected chi connectivity index (χ0v) is 17.6. The first-order valence-electron chi connectivity index (χ1n) is 10.3. The van der Waals surface area contributed by atoms with Gasteiger partial charge in [0, 0.05) is 6.42 Å². The summed E-state index contributed by atoms with van der Waals surface area (Å²) in [4.78, 5) is 20.5. The first kappa shape index (κ1) is 20.0. The number of alkyl carbamates (subject to hydrolysis) is 1. The summed E-state index contributed by atoms with van der Waals surface area (Å²) in [5.41, 5.74) is 5.17. The number of hydrogen-bond acceptors (Lipinski definition) is 3. The molecule has 0 spiro atoms. The zero-order chi connectivity index (χ0) is 21.1. The lowest BCUT2D eigenvalue weighted by Gasteiger charge is -2.23. The van der Waals surface area contributed by atoms with Crippen LogP contribution in [0.4, 0.5) is 4.79 Å². The molecule has 0 radical (unpaired) electrons. The van der Waals surface area contributed by atoms with E-state index in [0.29, 0.717) is 12.2 Å². The van der Waals surface area contributed by atoms with Gasteiger partial charge in [-0.15, -0.1) is 0 Å². The standard InChI is InChI=1S/C25H27N3O2/c1-25(2,3)30-24(29)28-21(15-19-14-13-17-9-7-8-12-20(17)19)23-26-16-22(27-23)18-10-5-4-6-11-18/h4-12,14,16,21H,13,15H2,1-3H3,(H,26,27)(H,28,29)/t21-/m1/s1. The van der Waals surface area contributed by atoms with E-state index < -0.39 is 11.7 Å². The van der Waals surface area contributed by atoms with Crippen molar-refractivity contribution in [3.63, 3.8) is 0 Å². The Morgan fingerprint density at radius 2 is 1.87 bits per heavy atom. The smallest absolute Gasteiger partial charge is 0.408 e. The minimum atomic E-state index is -0.563. The molecule has 0 bridgehead atoms. The van der Waals surface area contributed by atoms with E-state index in [1.54, 1.807) is 0 Å². The summed E-state index contributed by atoms with van der Waals surface area (Å²) >= 11 is 0. The number of nitrogens with one attached hydrogen (secondary N) is 2. The molecule has 0 aliphatic heterocycles. The van der Waals surface area contributed by atoms with Gasteiger partial charge in [0.15, 0.2) is 0 Å². The predicted octanol–water partition coefficient (Wildman–Crippen LogP) is 5.67. The third kappa shape index (κ3) is 4.62. The SMILES string of the molecule is CC(C)(C)OC(=O)N[C@H](CC1=CCc2ccccc21)c1ncc(-c2ccccc2)[nH]1. The van der Waals surface area contributed by atoms with Crippen molar-refractivity contribution in [2.45, 2.75) is 45.3 Å². The Labute approximate surface area is 177 Å². The molecule has 1 aliphatic carbocycles. The Hall–Kier alpha value is -3.34. The van der Waals surface area contributed by atoms with Crippen molar-refractivity contribution in [1.29, 1.82) is 0 Å². The lowest BCUT2D eigenvalue weighted by atomic mass is 9.99. The van der Waals surface area contributed by atoms with Crippen molar-refractivity contribution in [3.8, 4) is 11.3 Å². The van der Waals surface area contributed by atoms with Gasteiger partial charge in [-0.1, -0.05) is 60.7 Å². The van der Waals surface area contributed by atoms with Crippen LogP contribution in [0.2, 0.25) is 0 Å². The van der Waals surface area contributed by atoms with E-state index in [0.717, 1.165) is 17.7 Å². The molecule has 2 N–H and O–H groups in total. The Balaban J connectivity index is 1.60. The van der Waals surface area contributed by atoms with Crippen molar-refractivity contribution in [1.82, 2.24) is 15.3 Å². The van der Waals surface area contributed by atoms with Crippen LogP contribution in [0.25, 0.3) is 16.8 Å². The summed E-state index contributed by atoms with van der Waals surface area (Å²) in [7, 11) is 0. The van der Waals surface area contributed by atoms with E-state index in [2.05, 4.69) is 45.6 Å². The predicted molar refractivity (Wildman–Crippen MR) is 119 cm³/mol. The minimum Gasteiger partial charge on any atom is -0.444 e. The number of fused-ring (bicyclic) bond motifs is 1. The molecule has 1 heterocycles. The molecule has 4 rings (SSSR count). The van der Waals surface area contributed by atoms with Crippen molar-refractivity contribution in [3.05, 3.63) is 83.8 Å². The number of aromatic amines is 1. The van der Waals surface area contributed by atoms with Crippen LogP contribution >= 0.6 is 0 Å². The first-order chi connectivity index (χ1) is 14.4. The van der Waals surface area contributed by atoms with Gasteiger partial charge >= 0.3 is 6.09 Å². The number of ether oxygens (including phenoxy) is 1. The molecule has 1 atom stereocenters. The molecule has 30 heavy (non-hydrogen) atoms. The second kappa shape index (κ2) is 8.19. The number of rotatable bonds is 5. The van der Waals surface area contributed by atoms with Crippen LogP contribution in [0, 0.1) is 0 Å². The Kier molecular flexibility index (Phi) is 5.44. The Morgan fingerprint density at radius 3 is 2.63 bits per heavy atom. The number of nitrogens with zero attached hydrogens (tertiary/aromatic N) is 1. The summed E-state index contributed by atoms with van der Waals surface area (Å²) in [6, 6.07) is 18.1. The van der Waals surface area contributed by atoms with Gasteiger partial charge in [-0.25, -0.2) is 9.78 Å². The third-order valence-corrected chi connectivity index (χ3v) is 5.06. The monoisotopic (exact) mass is 401 g/mol. The number of amides is 1. The van der Waals surface area contributed by atoms with Gasteiger partial charge in [-0.3, -0.25) is 0 Å². The van der Waals surface area contributed by atoms with Gasteiger partial charge in [0.25, 0.3) is 0 Å². The van der Waals surface area contributed by atoms with E-state index in [4.69, 9.17) is 4.74 Å². The second-order valence-electron chi connectivity index (χ2n) is 8.54. The number of carbonyl (C=O) groups is 1. The number of imidazole rings is 1. The molecule has 0 saturated carbocycles. The molecule has 1 amide bonds. The summed E-state index contributed by atoms with van der Waals surface area (Å²) in [5.74, 6) is 0.713. The van der Waals surface area contributed by atoms with E-state index in [9.17, 15) is 4.79 Å². The van der Waals surface area contributed by atoms with Crippen LogP contribution in [0.5, 0.6) is 0 Å². The molecule has 5 heteroatoms. The van der Waals surface area contributed by atoms with Gasteiger partial charge in [0.05, 0.1) is 17.9 Å². The van der Waals surface area contributed by atoms with Crippen molar-refractivity contribution >= 4 is 11.7 Å². The fourth-order valence-corrected chi connectivity index (χ4v) is 3.71. The van der Waals surface area contributed by atoms with Crippen LogP contribution in [-0.4, -0.2) is 21.7 Å². The number of aromatic nitrogens is 2. The number of benzene rings is 2. The molecule has 2 aromatic carbocycles. The molecular weight excluding hydrogens is 374 g/mol. The van der Waals surface area contributed by atoms with Crippen LogP contribution in [-0.2, 0) is 11.2 Å². The van der Waals surface area contributed by atoms with Crippen molar-refractivity contribution in [2.24, 2.45) is 0 Å². The summed E-state index contributed by atoms with van der Waals surface area (Å²) in [5, 5.41) is 3.02. The van der Waals surface area contributed by atoms with Gasteiger partial charge in [-0.05, 0) is 49.5 Å². The molecule has 5 nitrogen and oxygen atoms in total. The average Bonchev–Trinajstić information content (AvgIpc) is 3.35. The molecule has 3 aromatic rings. The average molecular weight is 402 g/mol. The molecular formula is C25H27N3O2. The molecule has 0 fully saturated rings. The topological polar surface area (TPSA) is 67.0 Å². The molecule has 1 aromatic heterocycles. The maximum absolute atomic E-state index is 12.5. The number of carbonyl (C=O) groups excluding carboxylic acids is 1. The van der Waals surface area contributed by atoms with Crippen molar-refractivity contribution in [2.75, 3.05) is 0 Å². The van der Waals surface area contributed by atoms with Crippen LogP contribution in [0.1, 0.15) is 50.2 Å². The highest BCUT2D eigenvalue weighted by Gasteiger charge is 2.25. The fourth-order valence-electron chi connectivity index (χ4n) is 3.71. The van der Waals surface area contributed by atoms with E-state index in [1.807, 2.05) is 57.3 Å². The molecule has 154 valence electrons. The number of H-pyrrole nitrogens is 1. The summed E-state index contributed by atoms with van der Waals surface area (Å²) in [6.45, 7) is 5.58. The Bertz CT molecular complexity index is 1060. The number of allylic oxidation sites excluding steroid dienone is 1. The molecule has 0 unspecified atom stereocenters. The van der Waals surface area contributed by atoms with Crippen LogP contribution in [0.3, 0.4) is 0 Å². The van der Waals surface area contributed by atoms with E-state index in [1.165, 1.54) is 16.7 Å². The van der Waals surface area contributed by atoms with Gasteiger partial charge in [0.2, 0.25) is 0 Å². The highest BCUT2D eigenvalue weighted by atomic mass is 16.6. The second-order valence-corrected chi connectivity index (χ2v) is 8.54. The minimum absolute atomic E-state index is 0.324. The highest BCUT2D eigenvalue weighted by Crippen LogP contribution is 2.34. The highest BCUT2D eigenvalue weighted by molar-refractivity contribution is 5.74. The largest absolute Gasteiger partial charge is 0.444 e. The van der Waals surface area contributed by atoms with Gasteiger partial charge < -0.3 is 15.0 Å². The van der Waals surface area contributed by atoms with E-state index >= 15 is 0 Å². The Morgan fingerprint density at radius 1 is 1.13 bits per heavy atom. The summed E-state index contributed by atoms with van der Waals surface area (Å²) < 4.78 is 5.50. The zero-order valence-electron chi connectivity index (χ0n) is 17.6. The summed E-state index contributed by atoms with van der Waals surface area (Å²) in [6.07, 6.45) is 5.15. The number of hydrogen-bond donors (Lipinski definition) is 2. The fraction of sp³-hybridized carbons (Fsp3) is 0.280. The van der Waals surface area contributed by atoms with Crippen LogP contribution < -0.4 is 5.32 Å². The molecule has 0 saturated heterocycles.